The van der Waals surface area contributed by atoms with Crippen molar-refractivity contribution in [2.45, 2.75) is 72.4 Å². The van der Waals surface area contributed by atoms with Crippen LogP contribution in [-0.4, -0.2) is 62.2 Å². The van der Waals surface area contributed by atoms with Crippen LogP contribution >= 0.6 is 0 Å². The van der Waals surface area contributed by atoms with Crippen LogP contribution < -0.4 is 10.6 Å². The summed E-state index contributed by atoms with van der Waals surface area (Å²) < 4.78 is 4.63. The van der Waals surface area contributed by atoms with Gasteiger partial charge in [0.1, 0.15) is 0 Å². The zero-order valence-corrected chi connectivity index (χ0v) is 16.5. The molecular weight excluding hydrogens is 304 g/mol. The third-order valence-electron chi connectivity index (χ3n) is 3.87. The van der Waals surface area contributed by atoms with E-state index in [0.717, 1.165) is 51.4 Å². The maximum absolute atomic E-state index is 11.0. The molecule has 6 nitrogen and oxygen atoms in total. The molecule has 0 atom stereocenters. The number of carbonyl (C=O) groups excluding carboxylic acids is 1. The standard InChI is InChI=1S/C18H38N4O2/c1-7-19-18(20-12-10-8-9-11-17(23)24-6)21-13-14-22(15(2)3)16(4)5/h15-16H,7-14H2,1-6H3,(H2,19,20,21). The maximum Gasteiger partial charge on any atom is 0.305 e. The first-order valence-corrected chi connectivity index (χ1v) is 9.27. The third kappa shape index (κ3) is 11.3. The van der Waals surface area contributed by atoms with Gasteiger partial charge in [0.05, 0.1) is 7.11 Å². The fraction of sp³-hybridized carbons (Fsp3) is 0.889. The van der Waals surface area contributed by atoms with E-state index in [2.05, 4.69) is 59.9 Å². The van der Waals surface area contributed by atoms with Crippen LogP contribution in [0.15, 0.2) is 4.99 Å². The Labute approximate surface area is 148 Å². The van der Waals surface area contributed by atoms with Crippen LogP contribution in [0.3, 0.4) is 0 Å². The number of guanidine groups is 1. The van der Waals surface area contributed by atoms with E-state index in [1.807, 2.05) is 0 Å². The van der Waals surface area contributed by atoms with Crippen LogP contribution in [0.5, 0.6) is 0 Å². The molecule has 0 aromatic carbocycles. The van der Waals surface area contributed by atoms with Gasteiger partial charge in [-0.05, 0) is 47.5 Å². The first-order valence-electron chi connectivity index (χ1n) is 9.27. The van der Waals surface area contributed by atoms with Crippen molar-refractivity contribution in [1.82, 2.24) is 15.5 Å². The van der Waals surface area contributed by atoms with Crippen molar-refractivity contribution in [2.24, 2.45) is 4.99 Å². The maximum atomic E-state index is 11.0. The highest BCUT2D eigenvalue weighted by Crippen LogP contribution is 2.03. The summed E-state index contributed by atoms with van der Waals surface area (Å²) in [6.07, 6.45) is 3.34. The number of hydrogen-bond acceptors (Lipinski definition) is 4. The molecule has 0 fully saturated rings. The molecule has 0 spiro atoms. The van der Waals surface area contributed by atoms with Crippen LogP contribution in [0.4, 0.5) is 0 Å². The van der Waals surface area contributed by atoms with Crippen molar-refractivity contribution in [1.29, 1.82) is 0 Å². The molecule has 6 heteroatoms. The van der Waals surface area contributed by atoms with Crippen LogP contribution in [0.1, 0.15) is 60.3 Å². The summed E-state index contributed by atoms with van der Waals surface area (Å²) >= 11 is 0. The fourth-order valence-corrected chi connectivity index (χ4v) is 2.61. The Kier molecular flexibility index (Phi) is 13.3. The molecule has 0 aliphatic heterocycles. The summed E-state index contributed by atoms with van der Waals surface area (Å²) in [5, 5.41) is 6.68. The molecule has 0 saturated heterocycles. The van der Waals surface area contributed by atoms with Gasteiger partial charge in [0.25, 0.3) is 0 Å². The van der Waals surface area contributed by atoms with Gasteiger partial charge in [-0.2, -0.15) is 0 Å². The fourth-order valence-electron chi connectivity index (χ4n) is 2.61. The largest absolute Gasteiger partial charge is 0.469 e. The molecule has 0 aliphatic rings. The van der Waals surface area contributed by atoms with Crippen molar-refractivity contribution in [3.8, 4) is 0 Å². The highest BCUT2D eigenvalue weighted by Gasteiger charge is 2.12. The molecule has 0 aliphatic carbocycles. The lowest BCUT2D eigenvalue weighted by Crippen LogP contribution is -2.45. The lowest BCUT2D eigenvalue weighted by Gasteiger charge is -2.30. The molecule has 0 bridgehead atoms. The second kappa shape index (κ2) is 14.1. The number of methoxy groups -OCH3 is 1. The number of unbranched alkanes of at least 4 members (excludes halogenated alkanes) is 2. The number of aliphatic imine (C=N–C) groups is 1. The van der Waals surface area contributed by atoms with Gasteiger partial charge < -0.3 is 15.4 Å². The molecule has 0 unspecified atom stereocenters. The van der Waals surface area contributed by atoms with E-state index in [-0.39, 0.29) is 5.97 Å². The van der Waals surface area contributed by atoms with Crippen molar-refractivity contribution in [3.63, 3.8) is 0 Å². The Morgan fingerprint density at radius 1 is 1.08 bits per heavy atom. The Balaban J connectivity index is 4.08. The first-order chi connectivity index (χ1) is 11.4. The quantitative estimate of drug-likeness (QED) is 0.247. The number of nitrogens with one attached hydrogen (secondary N) is 2. The summed E-state index contributed by atoms with van der Waals surface area (Å²) in [4.78, 5) is 18.1. The lowest BCUT2D eigenvalue weighted by molar-refractivity contribution is -0.140. The zero-order valence-electron chi connectivity index (χ0n) is 16.5. The minimum Gasteiger partial charge on any atom is -0.469 e. The van der Waals surface area contributed by atoms with Gasteiger partial charge in [0.2, 0.25) is 0 Å². The van der Waals surface area contributed by atoms with Gasteiger partial charge >= 0.3 is 5.97 Å². The van der Waals surface area contributed by atoms with Crippen LogP contribution in [0.25, 0.3) is 0 Å². The number of esters is 1. The van der Waals surface area contributed by atoms with E-state index in [9.17, 15) is 4.79 Å². The number of hydrogen-bond donors (Lipinski definition) is 2. The minimum absolute atomic E-state index is 0.131. The van der Waals surface area contributed by atoms with E-state index in [0.29, 0.717) is 18.5 Å². The molecule has 142 valence electrons. The predicted octanol–water partition coefficient (Wildman–Crippen LogP) is 2.39. The van der Waals surface area contributed by atoms with E-state index < -0.39 is 0 Å². The van der Waals surface area contributed by atoms with Crippen LogP contribution in [-0.2, 0) is 9.53 Å². The van der Waals surface area contributed by atoms with E-state index in [1.165, 1.54) is 7.11 Å². The average Bonchev–Trinajstić information content (AvgIpc) is 2.53. The van der Waals surface area contributed by atoms with Crippen LogP contribution in [0, 0.1) is 0 Å². The van der Waals surface area contributed by atoms with Gasteiger partial charge in [-0.15, -0.1) is 0 Å². The first kappa shape index (κ1) is 22.7. The van der Waals surface area contributed by atoms with Gasteiger partial charge in [-0.3, -0.25) is 14.7 Å². The molecule has 0 amide bonds. The molecule has 24 heavy (non-hydrogen) atoms. The monoisotopic (exact) mass is 342 g/mol. The Bertz CT molecular complexity index is 349. The SMILES string of the molecule is CCNC(=NCCCCCC(=O)OC)NCCN(C(C)C)C(C)C. The van der Waals surface area contributed by atoms with Gasteiger partial charge in [-0.25, -0.2) is 0 Å². The summed E-state index contributed by atoms with van der Waals surface area (Å²) in [6.45, 7) is 14.5. The number of carbonyl (C=O) groups is 1. The molecule has 0 heterocycles. The molecule has 0 saturated carbocycles. The molecular formula is C18H38N4O2. The van der Waals surface area contributed by atoms with Crippen molar-refractivity contribution in [2.75, 3.05) is 33.3 Å². The summed E-state index contributed by atoms with van der Waals surface area (Å²) in [7, 11) is 1.43. The van der Waals surface area contributed by atoms with Gasteiger partial charge in [-0.1, -0.05) is 6.42 Å². The Morgan fingerprint density at radius 2 is 1.75 bits per heavy atom. The van der Waals surface area contributed by atoms with Crippen molar-refractivity contribution < 1.29 is 9.53 Å². The molecule has 0 rings (SSSR count). The average molecular weight is 343 g/mol. The topological polar surface area (TPSA) is 66.0 Å². The zero-order chi connectivity index (χ0) is 18.4. The molecule has 0 aromatic rings. The lowest BCUT2D eigenvalue weighted by atomic mass is 10.2. The summed E-state index contributed by atoms with van der Waals surface area (Å²) in [6, 6.07) is 1.09. The Hall–Kier alpha value is -1.30. The number of nitrogens with zero attached hydrogens (tertiary/aromatic N) is 2. The minimum atomic E-state index is -0.131. The summed E-state index contributed by atoms with van der Waals surface area (Å²) in [5.41, 5.74) is 0. The molecule has 0 aromatic heterocycles. The predicted molar refractivity (Wildman–Crippen MR) is 101 cm³/mol. The highest BCUT2D eigenvalue weighted by atomic mass is 16.5. The van der Waals surface area contributed by atoms with Crippen LogP contribution in [0.2, 0.25) is 0 Å². The second-order valence-electron chi connectivity index (χ2n) is 6.50. The van der Waals surface area contributed by atoms with Crippen molar-refractivity contribution >= 4 is 11.9 Å². The second-order valence-corrected chi connectivity index (χ2v) is 6.50. The highest BCUT2D eigenvalue weighted by molar-refractivity contribution is 5.79. The summed E-state index contributed by atoms with van der Waals surface area (Å²) in [5.74, 6) is 0.742. The van der Waals surface area contributed by atoms with Gasteiger partial charge in [0, 0.05) is 44.7 Å². The van der Waals surface area contributed by atoms with Gasteiger partial charge in [0.15, 0.2) is 5.96 Å². The normalized spacial score (nSPS) is 12.1. The molecule has 0 radical (unpaired) electrons. The van der Waals surface area contributed by atoms with Crippen molar-refractivity contribution in [3.05, 3.63) is 0 Å². The Morgan fingerprint density at radius 3 is 2.29 bits per heavy atom. The molecule has 2 N–H and O–H groups in total. The van der Waals surface area contributed by atoms with E-state index in [4.69, 9.17) is 0 Å². The van der Waals surface area contributed by atoms with E-state index in [1.54, 1.807) is 0 Å². The van der Waals surface area contributed by atoms with E-state index >= 15 is 0 Å². The number of rotatable bonds is 12. The smallest absolute Gasteiger partial charge is 0.305 e. The number of ether oxygens (including phenoxy) is 1. The third-order valence-corrected chi connectivity index (χ3v) is 3.87.